The first-order chi connectivity index (χ1) is 21.1. The van der Waals surface area contributed by atoms with Crippen molar-refractivity contribution in [3.63, 3.8) is 0 Å². The molecule has 10 nitrogen and oxygen atoms in total. The van der Waals surface area contributed by atoms with Crippen molar-refractivity contribution in [2.24, 2.45) is 0 Å². The van der Waals surface area contributed by atoms with E-state index in [2.05, 4.69) is 20.2 Å². The molecule has 5 rings (SSSR count). The molecule has 1 aliphatic heterocycles. The van der Waals surface area contributed by atoms with Crippen molar-refractivity contribution in [2.75, 3.05) is 66.1 Å². The number of carbonyl (C=O) groups is 1. The first kappa shape index (κ1) is 29.8. The van der Waals surface area contributed by atoms with Crippen LogP contribution in [-0.2, 0) is 4.74 Å². The van der Waals surface area contributed by atoms with Gasteiger partial charge in [0.2, 0.25) is 0 Å². The Bertz CT molecular complexity index is 1550. The molecule has 10 heteroatoms. The average Bonchev–Trinajstić information content (AvgIpc) is 3.06. The molecule has 4 aromatic rings. The molecule has 0 atom stereocenters. The van der Waals surface area contributed by atoms with Gasteiger partial charge in [-0.2, -0.15) is 0 Å². The monoisotopic (exact) mass is 584 g/mol. The standard InChI is InChI=1S/C33H36N4O6/c1-39-26-17-23(18-27(19-26)40-2)5-10-30(38)24-6-8-25(9-7-24)36-33-28-20-32(31(41-3)21-29(28)34-22-35-33)43-14-4-11-37-12-15-42-16-13-37/h5-10,17-22H,4,11-16H2,1-3H3,(H,34,35,36)/b10-5+. The van der Waals surface area contributed by atoms with Crippen LogP contribution >= 0.6 is 0 Å². The van der Waals surface area contributed by atoms with E-state index in [1.165, 1.54) is 12.4 Å². The molecule has 0 radical (unpaired) electrons. The Morgan fingerprint density at radius 3 is 2.37 bits per heavy atom. The number of ketones is 1. The van der Waals surface area contributed by atoms with Crippen molar-refractivity contribution in [3.8, 4) is 23.0 Å². The second kappa shape index (κ2) is 14.5. The summed E-state index contributed by atoms with van der Waals surface area (Å²) >= 11 is 0. The number of allylic oxidation sites excluding steroid dienone is 1. The maximum Gasteiger partial charge on any atom is 0.185 e. The van der Waals surface area contributed by atoms with Crippen molar-refractivity contribution in [3.05, 3.63) is 78.1 Å². The predicted molar refractivity (Wildman–Crippen MR) is 166 cm³/mol. The number of aromatic nitrogens is 2. The van der Waals surface area contributed by atoms with Crippen LogP contribution in [0.4, 0.5) is 11.5 Å². The number of carbonyl (C=O) groups excluding carboxylic acids is 1. The Hall–Kier alpha value is -4.67. The highest BCUT2D eigenvalue weighted by Gasteiger charge is 2.14. The molecular weight excluding hydrogens is 548 g/mol. The topological polar surface area (TPSA) is 104 Å². The smallest absolute Gasteiger partial charge is 0.185 e. The highest BCUT2D eigenvalue weighted by atomic mass is 16.5. The summed E-state index contributed by atoms with van der Waals surface area (Å²) in [5, 5.41) is 4.14. The van der Waals surface area contributed by atoms with Crippen LogP contribution in [0, 0.1) is 0 Å². The van der Waals surface area contributed by atoms with Gasteiger partial charge in [-0.25, -0.2) is 9.97 Å². The Labute approximate surface area is 251 Å². The lowest BCUT2D eigenvalue weighted by Crippen LogP contribution is -2.37. The summed E-state index contributed by atoms with van der Waals surface area (Å²) in [6.07, 6.45) is 5.67. The van der Waals surface area contributed by atoms with Gasteiger partial charge in [0.1, 0.15) is 23.6 Å². The summed E-state index contributed by atoms with van der Waals surface area (Å²) < 4.78 is 27.7. The molecular formula is C33H36N4O6. The Kier molecular flexibility index (Phi) is 10.0. The first-order valence-electron chi connectivity index (χ1n) is 14.1. The largest absolute Gasteiger partial charge is 0.497 e. The van der Waals surface area contributed by atoms with E-state index >= 15 is 0 Å². The number of hydrogen-bond acceptors (Lipinski definition) is 10. The van der Waals surface area contributed by atoms with Crippen LogP contribution in [-0.4, -0.2) is 81.4 Å². The Morgan fingerprint density at radius 1 is 0.930 bits per heavy atom. The molecule has 0 unspecified atom stereocenters. The molecule has 1 N–H and O–H groups in total. The van der Waals surface area contributed by atoms with E-state index in [1.54, 1.807) is 45.6 Å². The van der Waals surface area contributed by atoms with Gasteiger partial charge in [-0.1, -0.05) is 6.08 Å². The molecule has 1 saturated heterocycles. The third-order valence-electron chi connectivity index (χ3n) is 7.13. The second-order valence-corrected chi connectivity index (χ2v) is 9.94. The third-order valence-corrected chi connectivity index (χ3v) is 7.13. The normalized spacial score (nSPS) is 13.7. The zero-order valence-electron chi connectivity index (χ0n) is 24.7. The highest BCUT2D eigenvalue weighted by molar-refractivity contribution is 6.07. The van der Waals surface area contributed by atoms with Gasteiger partial charge in [-0.15, -0.1) is 0 Å². The molecule has 0 bridgehead atoms. The lowest BCUT2D eigenvalue weighted by molar-refractivity contribution is 0.0357. The van der Waals surface area contributed by atoms with Gasteiger partial charge >= 0.3 is 0 Å². The van der Waals surface area contributed by atoms with Gasteiger partial charge in [0.25, 0.3) is 0 Å². The Morgan fingerprint density at radius 2 is 1.67 bits per heavy atom. The average molecular weight is 585 g/mol. The van der Waals surface area contributed by atoms with Crippen molar-refractivity contribution in [2.45, 2.75) is 6.42 Å². The van der Waals surface area contributed by atoms with Crippen LogP contribution in [0.5, 0.6) is 23.0 Å². The number of methoxy groups -OCH3 is 3. The van der Waals surface area contributed by atoms with Gasteiger partial charge in [0.05, 0.1) is 46.7 Å². The van der Waals surface area contributed by atoms with Gasteiger partial charge in [0, 0.05) is 48.4 Å². The van der Waals surface area contributed by atoms with E-state index in [1.807, 2.05) is 36.4 Å². The van der Waals surface area contributed by atoms with Crippen molar-refractivity contribution in [1.82, 2.24) is 14.9 Å². The van der Waals surface area contributed by atoms with Gasteiger partial charge in [-0.05, 0) is 60.5 Å². The number of hydrogen-bond donors (Lipinski definition) is 1. The van der Waals surface area contributed by atoms with Crippen LogP contribution in [0.1, 0.15) is 22.3 Å². The predicted octanol–water partition coefficient (Wildman–Crippen LogP) is 5.40. The highest BCUT2D eigenvalue weighted by Crippen LogP contribution is 2.35. The summed E-state index contributed by atoms with van der Waals surface area (Å²) in [6, 6.07) is 16.4. The quantitative estimate of drug-likeness (QED) is 0.125. The van der Waals surface area contributed by atoms with Gasteiger partial charge in [-0.3, -0.25) is 9.69 Å². The number of rotatable bonds is 13. The fraction of sp³-hybridized carbons (Fsp3) is 0.303. The lowest BCUT2D eigenvalue weighted by Gasteiger charge is -2.26. The molecule has 1 aromatic heterocycles. The molecule has 2 heterocycles. The fourth-order valence-corrected chi connectivity index (χ4v) is 4.78. The fourth-order valence-electron chi connectivity index (χ4n) is 4.78. The van der Waals surface area contributed by atoms with Crippen LogP contribution in [0.2, 0.25) is 0 Å². The molecule has 0 saturated carbocycles. The molecule has 1 fully saturated rings. The lowest BCUT2D eigenvalue weighted by atomic mass is 10.1. The third kappa shape index (κ3) is 7.79. The van der Waals surface area contributed by atoms with E-state index < -0.39 is 0 Å². The molecule has 1 aliphatic rings. The number of anilines is 2. The van der Waals surface area contributed by atoms with E-state index in [0.29, 0.717) is 41.0 Å². The minimum Gasteiger partial charge on any atom is -0.497 e. The van der Waals surface area contributed by atoms with Gasteiger partial charge < -0.3 is 29.0 Å². The molecule has 43 heavy (non-hydrogen) atoms. The maximum atomic E-state index is 12.8. The van der Waals surface area contributed by atoms with E-state index in [0.717, 1.165) is 61.4 Å². The summed E-state index contributed by atoms with van der Waals surface area (Å²) in [7, 11) is 4.80. The van der Waals surface area contributed by atoms with Crippen molar-refractivity contribution < 1.29 is 28.5 Å². The van der Waals surface area contributed by atoms with E-state index in [9.17, 15) is 4.79 Å². The Balaban J connectivity index is 1.26. The van der Waals surface area contributed by atoms with Gasteiger partial charge in [0.15, 0.2) is 17.3 Å². The van der Waals surface area contributed by atoms with Crippen LogP contribution in [0.3, 0.4) is 0 Å². The van der Waals surface area contributed by atoms with E-state index in [4.69, 9.17) is 23.7 Å². The molecule has 0 amide bonds. The van der Waals surface area contributed by atoms with Crippen LogP contribution in [0.25, 0.3) is 17.0 Å². The van der Waals surface area contributed by atoms with Crippen molar-refractivity contribution >= 4 is 34.3 Å². The summed E-state index contributed by atoms with van der Waals surface area (Å²) in [5.41, 5.74) is 2.86. The van der Waals surface area contributed by atoms with Crippen molar-refractivity contribution in [1.29, 1.82) is 0 Å². The number of fused-ring (bicyclic) bond motifs is 1. The zero-order valence-corrected chi connectivity index (χ0v) is 24.7. The van der Waals surface area contributed by atoms with E-state index in [-0.39, 0.29) is 5.78 Å². The first-order valence-corrected chi connectivity index (χ1v) is 14.1. The number of nitrogens with one attached hydrogen (secondary N) is 1. The molecule has 0 aliphatic carbocycles. The number of morpholine rings is 1. The molecule has 0 spiro atoms. The zero-order chi connectivity index (χ0) is 30.0. The molecule has 224 valence electrons. The van der Waals surface area contributed by atoms with Crippen LogP contribution in [0.15, 0.2) is 67.0 Å². The summed E-state index contributed by atoms with van der Waals surface area (Å²) in [5.74, 6) is 3.06. The number of benzene rings is 3. The summed E-state index contributed by atoms with van der Waals surface area (Å²) in [4.78, 5) is 24.1. The minimum atomic E-state index is -0.122. The molecule has 3 aromatic carbocycles. The number of nitrogens with zero attached hydrogens (tertiary/aromatic N) is 3. The second-order valence-electron chi connectivity index (χ2n) is 9.94. The maximum absolute atomic E-state index is 12.8. The SMILES string of the molecule is COc1cc(/C=C/C(=O)c2ccc(Nc3ncnc4cc(OC)c(OCCCN5CCOCC5)cc34)cc2)cc(OC)c1. The minimum absolute atomic E-state index is 0.122. The van der Waals surface area contributed by atoms with Crippen LogP contribution < -0.4 is 24.3 Å². The number of ether oxygens (including phenoxy) is 5. The summed E-state index contributed by atoms with van der Waals surface area (Å²) in [6.45, 7) is 4.99.